The van der Waals surface area contributed by atoms with Crippen molar-refractivity contribution in [3.8, 4) is 0 Å². The average Bonchev–Trinajstić information content (AvgIpc) is 2.42. The molecule has 1 aromatic heterocycles. The molecule has 0 bridgehead atoms. The summed E-state index contributed by atoms with van der Waals surface area (Å²) in [6.45, 7) is 3.95. The van der Waals surface area contributed by atoms with Crippen molar-refractivity contribution in [2.75, 3.05) is 17.2 Å². The van der Waals surface area contributed by atoms with E-state index in [2.05, 4.69) is 20.6 Å². The van der Waals surface area contributed by atoms with Crippen LogP contribution < -0.4 is 10.6 Å². The Morgan fingerprint density at radius 2 is 1.95 bits per heavy atom. The maximum absolute atomic E-state index is 12.9. The maximum Gasteiger partial charge on any atom is 0.433 e. The van der Waals surface area contributed by atoms with Gasteiger partial charge in [0.2, 0.25) is 5.95 Å². The molecular formula is C14H14ClF3N4. The van der Waals surface area contributed by atoms with Crippen molar-refractivity contribution >= 4 is 29.1 Å². The van der Waals surface area contributed by atoms with Crippen LogP contribution in [0.4, 0.5) is 30.6 Å². The molecular weight excluding hydrogens is 317 g/mol. The van der Waals surface area contributed by atoms with Gasteiger partial charge in [-0.25, -0.2) is 4.98 Å². The molecule has 0 fully saturated rings. The summed E-state index contributed by atoms with van der Waals surface area (Å²) in [5.74, 6) is -0.0704. The molecule has 2 aromatic rings. The number of benzene rings is 1. The number of nitrogens with zero attached hydrogens (tertiary/aromatic N) is 2. The lowest BCUT2D eigenvalue weighted by Crippen LogP contribution is -2.13. The molecule has 0 atom stereocenters. The highest BCUT2D eigenvalue weighted by molar-refractivity contribution is 6.33. The van der Waals surface area contributed by atoms with Crippen LogP contribution in [-0.2, 0) is 6.18 Å². The van der Waals surface area contributed by atoms with E-state index in [9.17, 15) is 13.2 Å². The number of alkyl halides is 3. The van der Waals surface area contributed by atoms with Gasteiger partial charge in [-0.3, -0.25) is 0 Å². The average molecular weight is 331 g/mol. The number of halogens is 4. The second-order valence-corrected chi connectivity index (χ2v) is 4.95. The molecule has 1 heterocycles. The van der Waals surface area contributed by atoms with Crippen molar-refractivity contribution in [1.29, 1.82) is 0 Å². The van der Waals surface area contributed by atoms with Gasteiger partial charge in [0.25, 0.3) is 0 Å². The molecule has 0 saturated carbocycles. The Morgan fingerprint density at radius 1 is 1.23 bits per heavy atom. The SMILES string of the molecule is CCNc1nc(Nc2c(C)cccc2Cl)cc(C(F)(F)F)n1. The molecule has 0 radical (unpaired) electrons. The number of aryl methyl sites for hydroxylation is 1. The van der Waals surface area contributed by atoms with Crippen LogP contribution in [-0.4, -0.2) is 16.5 Å². The van der Waals surface area contributed by atoms with E-state index in [1.54, 1.807) is 32.0 Å². The quantitative estimate of drug-likeness (QED) is 0.858. The number of hydrogen-bond acceptors (Lipinski definition) is 4. The van der Waals surface area contributed by atoms with E-state index >= 15 is 0 Å². The van der Waals surface area contributed by atoms with Crippen molar-refractivity contribution in [1.82, 2.24) is 9.97 Å². The summed E-state index contributed by atoms with van der Waals surface area (Å²) in [6, 6.07) is 6.05. The first-order valence-corrected chi connectivity index (χ1v) is 6.91. The highest BCUT2D eigenvalue weighted by Gasteiger charge is 2.33. The van der Waals surface area contributed by atoms with E-state index in [0.717, 1.165) is 11.6 Å². The first kappa shape index (κ1) is 16.4. The predicted molar refractivity (Wildman–Crippen MR) is 80.7 cm³/mol. The Labute approximate surface area is 130 Å². The van der Waals surface area contributed by atoms with Crippen LogP contribution in [0.3, 0.4) is 0 Å². The zero-order valence-electron chi connectivity index (χ0n) is 11.9. The number of para-hydroxylation sites is 1. The molecule has 0 unspecified atom stereocenters. The van der Waals surface area contributed by atoms with E-state index in [1.165, 1.54) is 0 Å². The fraction of sp³-hybridized carbons (Fsp3) is 0.286. The van der Waals surface area contributed by atoms with Gasteiger partial charge in [-0.05, 0) is 25.5 Å². The number of nitrogens with one attached hydrogen (secondary N) is 2. The van der Waals surface area contributed by atoms with Gasteiger partial charge in [0.1, 0.15) is 5.82 Å². The monoisotopic (exact) mass is 330 g/mol. The van der Waals surface area contributed by atoms with E-state index in [-0.39, 0.29) is 11.8 Å². The maximum atomic E-state index is 12.9. The Morgan fingerprint density at radius 3 is 2.55 bits per heavy atom. The Hall–Kier alpha value is -2.02. The molecule has 0 saturated heterocycles. The molecule has 22 heavy (non-hydrogen) atoms. The Balaban J connectivity index is 2.44. The van der Waals surface area contributed by atoms with Crippen LogP contribution in [0.25, 0.3) is 0 Å². The summed E-state index contributed by atoms with van der Waals surface area (Å²) >= 11 is 6.07. The molecule has 4 nitrogen and oxygen atoms in total. The fourth-order valence-electron chi connectivity index (χ4n) is 1.81. The molecule has 118 valence electrons. The van der Waals surface area contributed by atoms with Gasteiger partial charge < -0.3 is 10.6 Å². The van der Waals surface area contributed by atoms with Gasteiger partial charge in [0.05, 0.1) is 10.7 Å². The van der Waals surface area contributed by atoms with Crippen LogP contribution in [0.2, 0.25) is 5.02 Å². The van der Waals surface area contributed by atoms with Gasteiger partial charge in [-0.1, -0.05) is 23.7 Å². The van der Waals surface area contributed by atoms with Crippen LogP contribution in [0.15, 0.2) is 24.3 Å². The van der Waals surface area contributed by atoms with Crippen molar-refractivity contribution in [3.05, 3.63) is 40.5 Å². The Kier molecular flexibility index (Phi) is 4.75. The van der Waals surface area contributed by atoms with Gasteiger partial charge in [0.15, 0.2) is 5.69 Å². The number of rotatable bonds is 4. The smallest absolute Gasteiger partial charge is 0.354 e. The summed E-state index contributed by atoms with van der Waals surface area (Å²) in [5, 5.41) is 5.91. The normalized spacial score (nSPS) is 11.4. The third-order valence-electron chi connectivity index (χ3n) is 2.83. The predicted octanol–water partition coefficient (Wildman–Crippen LogP) is 4.63. The van der Waals surface area contributed by atoms with E-state index in [4.69, 9.17) is 11.6 Å². The first-order chi connectivity index (χ1) is 10.3. The highest BCUT2D eigenvalue weighted by Crippen LogP contribution is 2.32. The van der Waals surface area contributed by atoms with Crippen LogP contribution >= 0.6 is 11.6 Å². The lowest BCUT2D eigenvalue weighted by molar-refractivity contribution is -0.141. The van der Waals surface area contributed by atoms with Crippen molar-refractivity contribution in [2.24, 2.45) is 0 Å². The summed E-state index contributed by atoms with van der Waals surface area (Å²) in [6.07, 6.45) is -4.56. The number of aromatic nitrogens is 2. The minimum absolute atomic E-state index is 0.0227. The zero-order valence-corrected chi connectivity index (χ0v) is 12.7. The minimum atomic E-state index is -4.56. The Bertz CT molecular complexity index is 653. The molecule has 2 rings (SSSR count). The standard InChI is InChI=1S/C14H14ClF3N4/c1-3-19-13-20-10(14(16,17)18)7-11(22-13)21-12-8(2)5-4-6-9(12)15/h4-7H,3H2,1-2H3,(H2,19,20,21,22). The lowest BCUT2D eigenvalue weighted by Gasteiger charge is -2.14. The van der Waals surface area contributed by atoms with Gasteiger partial charge in [-0.15, -0.1) is 0 Å². The molecule has 0 aliphatic carbocycles. The summed E-state index contributed by atoms with van der Waals surface area (Å²) in [4.78, 5) is 7.48. The number of anilines is 3. The highest BCUT2D eigenvalue weighted by atomic mass is 35.5. The molecule has 0 spiro atoms. The minimum Gasteiger partial charge on any atom is -0.354 e. The van der Waals surface area contributed by atoms with Crippen molar-refractivity contribution in [2.45, 2.75) is 20.0 Å². The lowest BCUT2D eigenvalue weighted by atomic mass is 10.2. The summed E-state index contributed by atoms with van der Waals surface area (Å²) in [7, 11) is 0. The first-order valence-electron chi connectivity index (χ1n) is 6.53. The van der Waals surface area contributed by atoms with Crippen LogP contribution in [0, 0.1) is 6.92 Å². The van der Waals surface area contributed by atoms with Gasteiger partial charge >= 0.3 is 6.18 Å². The largest absolute Gasteiger partial charge is 0.433 e. The van der Waals surface area contributed by atoms with E-state index in [0.29, 0.717) is 17.3 Å². The molecule has 0 aliphatic heterocycles. The molecule has 1 aromatic carbocycles. The third-order valence-corrected chi connectivity index (χ3v) is 3.14. The van der Waals surface area contributed by atoms with Crippen LogP contribution in [0.5, 0.6) is 0 Å². The zero-order chi connectivity index (χ0) is 16.3. The molecule has 2 N–H and O–H groups in total. The van der Waals surface area contributed by atoms with E-state index < -0.39 is 11.9 Å². The van der Waals surface area contributed by atoms with Crippen molar-refractivity contribution < 1.29 is 13.2 Å². The summed E-state index contributed by atoms with van der Waals surface area (Å²) < 4.78 is 38.7. The molecule has 0 aliphatic rings. The molecule has 8 heteroatoms. The van der Waals surface area contributed by atoms with Gasteiger partial charge in [-0.2, -0.15) is 18.2 Å². The third kappa shape index (κ3) is 3.79. The summed E-state index contributed by atoms with van der Waals surface area (Å²) in [5.41, 5.74) is 0.286. The topological polar surface area (TPSA) is 49.8 Å². The van der Waals surface area contributed by atoms with Gasteiger partial charge in [0, 0.05) is 12.6 Å². The second-order valence-electron chi connectivity index (χ2n) is 4.55. The van der Waals surface area contributed by atoms with Crippen molar-refractivity contribution in [3.63, 3.8) is 0 Å². The van der Waals surface area contributed by atoms with E-state index in [1.807, 2.05) is 0 Å². The molecule has 0 amide bonds. The second kappa shape index (κ2) is 6.39. The number of hydrogen-bond donors (Lipinski definition) is 2. The fourth-order valence-corrected chi connectivity index (χ4v) is 2.08. The van der Waals surface area contributed by atoms with Crippen LogP contribution in [0.1, 0.15) is 18.2 Å².